The van der Waals surface area contributed by atoms with Gasteiger partial charge in [0, 0.05) is 10.7 Å². The van der Waals surface area contributed by atoms with Crippen LogP contribution in [0.1, 0.15) is 13.8 Å². The fourth-order valence-electron chi connectivity index (χ4n) is 2.26. The Kier molecular flexibility index (Phi) is 6.63. The molecule has 140 valence electrons. The predicted molar refractivity (Wildman–Crippen MR) is 102 cm³/mol. The molecule has 0 saturated carbocycles. The zero-order valence-corrected chi connectivity index (χ0v) is 16.3. The van der Waals surface area contributed by atoms with Gasteiger partial charge >= 0.3 is 0 Å². The second-order valence-electron chi connectivity index (χ2n) is 6.02. The van der Waals surface area contributed by atoms with E-state index in [1.807, 2.05) is 0 Å². The number of nitrogens with one attached hydrogen (secondary N) is 2. The van der Waals surface area contributed by atoms with Crippen molar-refractivity contribution in [1.82, 2.24) is 4.72 Å². The van der Waals surface area contributed by atoms with Gasteiger partial charge in [-0.05, 0) is 48.4 Å². The summed E-state index contributed by atoms with van der Waals surface area (Å²) in [5.41, 5.74) is 0.545. The molecule has 0 aliphatic heterocycles. The van der Waals surface area contributed by atoms with Crippen LogP contribution in [0.15, 0.2) is 53.4 Å². The lowest BCUT2D eigenvalue weighted by atomic mass is 10.0. The molecule has 0 bridgehead atoms. The minimum Gasteiger partial charge on any atom is -0.497 e. The van der Waals surface area contributed by atoms with Gasteiger partial charge < -0.3 is 10.1 Å². The Morgan fingerprint density at radius 2 is 1.77 bits per heavy atom. The normalized spacial score (nSPS) is 12.7. The average molecular weight is 397 g/mol. The van der Waals surface area contributed by atoms with E-state index in [2.05, 4.69) is 10.0 Å². The van der Waals surface area contributed by atoms with Crippen molar-refractivity contribution < 1.29 is 17.9 Å². The summed E-state index contributed by atoms with van der Waals surface area (Å²) < 4.78 is 32.7. The van der Waals surface area contributed by atoms with Crippen molar-refractivity contribution in [2.24, 2.45) is 5.92 Å². The Morgan fingerprint density at radius 3 is 2.31 bits per heavy atom. The third kappa shape index (κ3) is 5.20. The van der Waals surface area contributed by atoms with E-state index in [4.69, 9.17) is 16.3 Å². The van der Waals surface area contributed by atoms with Crippen LogP contribution < -0.4 is 14.8 Å². The lowest BCUT2D eigenvalue weighted by Gasteiger charge is -2.21. The van der Waals surface area contributed by atoms with Crippen molar-refractivity contribution in [3.05, 3.63) is 53.6 Å². The molecule has 2 aromatic rings. The number of methoxy groups -OCH3 is 1. The molecule has 0 unspecified atom stereocenters. The molecule has 0 aliphatic carbocycles. The quantitative estimate of drug-likeness (QED) is 0.752. The average Bonchev–Trinajstić information content (AvgIpc) is 2.60. The summed E-state index contributed by atoms with van der Waals surface area (Å²) in [7, 11) is -2.34. The van der Waals surface area contributed by atoms with Gasteiger partial charge in [-0.3, -0.25) is 4.79 Å². The predicted octanol–water partition coefficient (Wildman–Crippen LogP) is 3.29. The third-order valence-corrected chi connectivity index (χ3v) is 5.37. The fraction of sp³-hybridized carbons (Fsp3) is 0.278. The summed E-state index contributed by atoms with van der Waals surface area (Å²) in [5.74, 6) is -0.0527. The van der Waals surface area contributed by atoms with E-state index in [-0.39, 0.29) is 10.8 Å². The first-order valence-electron chi connectivity index (χ1n) is 7.96. The summed E-state index contributed by atoms with van der Waals surface area (Å²) >= 11 is 5.86. The topological polar surface area (TPSA) is 84.5 Å². The van der Waals surface area contributed by atoms with Gasteiger partial charge in [-0.1, -0.05) is 31.5 Å². The number of benzene rings is 2. The largest absolute Gasteiger partial charge is 0.497 e. The molecular weight excluding hydrogens is 376 g/mol. The standard InChI is InChI=1S/C18H21ClN2O4S/c1-12(2)17(18(22)20-14-7-9-15(25-3)10-8-14)21-26(23,24)16-6-4-5-13(19)11-16/h4-12,17,21H,1-3H3,(H,20,22)/t17-/m0/s1. The maximum atomic E-state index is 12.6. The van der Waals surface area contributed by atoms with Crippen LogP contribution in [0.4, 0.5) is 5.69 Å². The van der Waals surface area contributed by atoms with E-state index < -0.39 is 22.0 Å². The van der Waals surface area contributed by atoms with Crippen LogP contribution >= 0.6 is 11.6 Å². The molecule has 0 heterocycles. The van der Waals surface area contributed by atoms with Crippen LogP contribution in [0.25, 0.3) is 0 Å². The Balaban J connectivity index is 2.18. The first kappa shape index (κ1) is 20.2. The second kappa shape index (κ2) is 8.53. The third-order valence-electron chi connectivity index (χ3n) is 3.70. The number of halogens is 1. The molecule has 1 amide bonds. The molecule has 0 aromatic heterocycles. The van der Waals surface area contributed by atoms with E-state index >= 15 is 0 Å². The zero-order valence-electron chi connectivity index (χ0n) is 14.7. The highest BCUT2D eigenvalue weighted by Crippen LogP contribution is 2.19. The van der Waals surface area contributed by atoms with E-state index in [0.29, 0.717) is 16.5 Å². The Morgan fingerprint density at radius 1 is 1.12 bits per heavy atom. The number of carbonyl (C=O) groups excluding carboxylic acids is 1. The molecule has 26 heavy (non-hydrogen) atoms. The lowest BCUT2D eigenvalue weighted by Crippen LogP contribution is -2.47. The molecule has 0 fully saturated rings. The molecule has 1 atom stereocenters. The van der Waals surface area contributed by atoms with Gasteiger partial charge in [-0.15, -0.1) is 0 Å². The number of sulfonamides is 1. The second-order valence-corrected chi connectivity index (χ2v) is 8.17. The first-order chi connectivity index (χ1) is 12.2. The number of hydrogen-bond donors (Lipinski definition) is 2. The molecule has 8 heteroatoms. The van der Waals surface area contributed by atoms with E-state index in [9.17, 15) is 13.2 Å². The molecular formula is C18H21ClN2O4S. The van der Waals surface area contributed by atoms with Crippen LogP contribution in [-0.2, 0) is 14.8 Å². The smallest absolute Gasteiger partial charge is 0.242 e. The zero-order chi connectivity index (χ0) is 19.3. The minimum atomic E-state index is -3.89. The molecule has 2 N–H and O–H groups in total. The van der Waals surface area contributed by atoms with Gasteiger partial charge in [0.25, 0.3) is 0 Å². The van der Waals surface area contributed by atoms with E-state index in [1.165, 1.54) is 12.1 Å². The monoisotopic (exact) mass is 396 g/mol. The van der Waals surface area contributed by atoms with Gasteiger partial charge in [0.1, 0.15) is 11.8 Å². The van der Waals surface area contributed by atoms with Crippen molar-refractivity contribution in [2.45, 2.75) is 24.8 Å². The molecule has 0 spiro atoms. The molecule has 2 aromatic carbocycles. The number of anilines is 1. The summed E-state index contributed by atoms with van der Waals surface area (Å²) in [5, 5.41) is 3.02. The van der Waals surface area contributed by atoms with Gasteiger partial charge in [0.05, 0.1) is 12.0 Å². The number of amides is 1. The van der Waals surface area contributed by atoms with E-state index in [1.54, 1.807) is 57.4 Å². The Hall–Kier alpha value is -2.09. The minimum absolute atomic E-state index is 0.00731. The maximum Gasteiger partial charge on any atom is 0.242 e. The van der Waals surface area contributed by atoms with Crippen molar-refractivity contribution in [2.75, 3.05) is 12.4 Å². The van der Waals surface area contributed by atoms with Gasteiger partial charge in [0.2, 0.25) is 15.9 Å². The van der Waals surface area contributed by atoms with E-state index in [0.717, 1.165) is 0 Å². The highest BCUT2D eigenvalue weighted by Gasteiger charge is 2.28. The fourth-order valence-corrected chi connectivity index (χ4v) is 3.90. The Bertz CT molecular complexity index is 867. The van der Waals surface area contributed by atoms with Crippen LogP contribution in [0.2, 0.25) is 5.02 Å². The lowest BCUT2D eigenvalue weighted by molar-refractivity contribution is -0.118. The van der Waals surface area contributed by atoms with Crippen LogP contribution in [0.3, 0.4) is 0 Å². The van der Waals surface area contributed by atoms with Crippen molar-refractivity contribution in [3.63, 3.8) is 0 Å². The van der Waals surface area contributed by atoms with Gasteiger partial charge in [0.15, 0.2) is 0 Å². The van der Waals surface area contributed by atoms with Gasteiger partial charge in [-0.2, -0.15) is 4.72 Å². The van der Waals surface area contributed by atoms with Crippen molar-refractivity contribution >= 4 is 33.2 Å². The molecule has 0 aliphatic rings. The van der Waals surface area contributed by atoms with Crippen molar-refractivity contribution in [3.8, 4) is 5.75 Å². The molecule has 2 rings (SSSR count). The highest BCUT2D eigenvalue weighted by molar-refractivity contribution is 7.89. The summed E-state index contributed by atoms with van der Waals surface area (Å²) in [6.07, 6.45) is 0. The number of ether oxygens (including phenoxy) is 1. The number of hydrogen-bond acceptors (Lipinski definition) is 4. The molecule has 0 saturated heterocycles. The van der Waals surface area contributed by atoms with Crippen molar-refractivity contribution in [1.29, 1.82) is 0 Å². The number of rotatable bonds is 7. The van der Waals surface area contributed by atoms with Crippen LogP contribution in [-0.4, -0.2) is 27.5 Å². The summed E-state index contributed by atoms with van der Waals surface area (Å²) in [6, 6.07) is 11.7. The Labute approximate surface area is 158 Å². The maximum absolute atomic E-state index is 12.6. The van der Waals surface area contributed by atoms with Crippen LogP contribution in [0, 0.1) is 5.92 Å². The SMILES string of the molecule is COc1ccc(NC(=O)[C@@H](NS(=O)(=O)c2cccc(Cl)c2)C(C)C)cc1. The number of carbonyl (C=O) groups is 1. The molecule has 6 nitrogen and oxygen atoms in total. The molecule has 0 radical (unpaired) electrons. The summed E-state index contributed by atoms with van der Waals surface area (Å²) in [6.45, 7) is 3.53. The van der Waals surface area contributed by atoms with Crippen LogP contribution in [0.5, 0.6) is 5.75 Å². The first-order valence-corrected chi connectivity index (χ1v) is 9.82. The van der Waals surface area contributed by atoms with Gasteiger partial charge in [-0.25, -0.2) is 8.42 Å². The highest BCUT2D eigenvalue weighted by atomic mass is 35.5. The summed E-state index contributed by atoms with van der Waals surface area (Å²) in [4.78, 5) is 12.6.